The van der Waals surface area contributed by atoms with Gasteiger partial charge in [-0.15, -0.1) is 0 Å². The van der Waals surface area contributed by atoms with Crippen LogP contribution in [-0.4, -0.2) is 46.1 Å². The zero-order valence-corrected chi connectivity index (χ0v) is 11.6. The normalized spacial score (nSPS) is 28.7. The highest BCUT2D eigenvalue weighted by Gasteiger charge is 2.61. The molecule has 0 aromatic carbocycles. The van der Waals surface area contributed by atoms with E-state index in [2.05, 4.69) is 15.5 Å². The smallest absolute Gasteiger partial charge is 0.269 e. The van der Waals surface area contributed by atoms with E-state index >= 15 is 0 Å². The van der Waals surface area contributed by atoms with Crippen molar-refractivity contribution in [1.82, 2.24) is 15.5 Å². The Morgan fingerprint density at radius 1 is 1.68 bits per heavy atom. The molecule has 1 aliphatic carbocycles. The Hall–Kier alpha value is -1.40. The van der Waals surface area contributed by atoms with Crippen LogP contribution in [0.5, 0.6) is 0 Å². The van der Waals surface area contributed by atoms with Crippen LogP contribution in [0.4, 0.5) is 0 Å². The van der Waals surface area contributed by atoms with E-state index in [0.717, 1.165) is 0 Å². The Bertz CT molecular complexity index is 444. The quantitative estimate of drug-likeness (QED) is 0.733. The van der Waals surface area contributed by atoms with Crippen molar-refractivity contribution < 1.29 is 14.6 Å². The van der Waals surface area contributed by atoms with Crippen LogP contribution in [0.1, 0.15) is 37.7 Å². The van der Waals surface area contributed by atoms with Crippen molar-refractivity contribution in [2.45, 2.75) is 38.8 Å². The molecule has 1 aromatic rings. The summed E-state index contributed by atoms with van der Waals surface area (Å²) < 4.78 is 5.64. The Balaban J connectivity index is 2.11. The van der Waals surface area contributed by atoms with Gasteiger partial charge in [0.05, 0.1) is 18.2 Å². The van der Waals surface area contributed by atoms with Crippen molar-refractivity contribution in [2.75, 3.05) is 13.2 Å². The number of carbonyl (C=O) groups excluding carboxylic acids is 1. The first kappa shape index (κ1) is 14.0. The van der Waals surface area contributed by atoms with Crippen molar-refractivity contribution in [3.05, 3.63) is 18.0 Å². The Labute approximate surface area is 112 Å². The molecule has 2 atom stereocenters. The summed E-state index contributed by atoms with van der Waals surface area (Å²) in [5.74, 6) is -0.255. The van der Waals surface area contributed by atoms with E-state index in [1.165, 1.54) is 6.20 Å². The number of hydrogen-bond donors (Lipinski definition) is 3. The van der Waals surface area contributed by atoms with Gasteiger partial charge in [0.15, 0.2) is 0 Å². The zero-order valence-electron chi connectivity index (χ0n) is 11.6. The lowest BCUT2D eigenvalue weighted by Crippen LogP contribution is -2.74. The van der Waals surface area contributed by atoms with Gasteiger partial charge in [-0.05, 0) is 13.0 Å². The maximum Gasteiger partial charge on any atom is 0.269 e. The van der Waals surface area contributed by atoms with Crippen LogP contribution in [0.2, 0.25) is 0 Å². The predicted molar refractivity (Wildman–Crippen MR) is 69.7 cm³/mol. The molecule has 0 spiro atoms. The van der Waals surface area contributed by atoms with Gasteiger partial charge in [-0.2, -0.15) is 5.10 Å². The van der Waals surface area contributed by atoms with Crippen molar-refractivity contribution in [2.24, 2.45) is 5.41 Å². The standard InChI is InChI=1S/C13H21N3O3/c1-4-19-10-7-13(8-17,12(10,2)3)15-11(18)9-5-6-14-16-9/h5-6,10,17H,4,7-8H2,1-3H3,(H,14,16)(H,15,18). The number of H-pyrrole nitrogens is 1. The average molecular weight is 267 g/mol. The lowest BCUT2D eigenvalue weighted by molar-refractivity contribution is -0.172. The second-order valence-electron chi connectivity index (χ2n) is 5.53. The number of hydrogen-bond acceptors (Lipinski definition) is 4. The molecule has 0 radical (unpaired) electrons. The van der Waals surface area contributed by atoms with Gasteiger partial charge in [0.25, 0.3) is 5.91 Å². The number of rotatable bonds is 5. The third-order valence-corrected chi connectivity index (χ3v) is 4.31. The van der Waals surface area contributed by atoms with E-state index in [4.69, 9.17) is 4.74 Å². The summed E-state index contributed by atoms with van der Waals surface area (Å²) in [6.45, 7) is 6.46. The van der Waals surface area contributed by atoms with Crippen molar-refractivity contribution in [3.63, 3.8) is 0 Å². The van der Waals surface area contributed by atoms with E-state index in [1.807, 2.05) is 20.8 Å². The Morgan fingerprint density at radius 3 is 2.89 bits per heavy atom. The summed E-state index contributed by atoms with van der Waals surface area (Å²) >= 11 is 0. The summed E-state index contributed by atoms with van der Waals surface area (Å²) in [7, 11) is 0. The summed E-state index contributed by atoms with van der Waals surface area (Å²) in [5, 5.41) is 19.0. The van der Waals surface area contributed by atoms with Gasteiger partial charge in [-0.3, -0.25) is 9.89 Å². The highest BCUT2D eigenvalue weighted by atomic mass is 16.5. The molecule has 6 nitrogen and oxygen atoms in total. The Morgan fingerprint density at radius 2 is 2.42 bits per heavy atom. The fourth-order valence-electron chi connectivity index (χ4n) is 2.67. The molecule has 0 bridgehead atoms. The minimum Gasteiger partial charge on any atom is -0.394 e. The number of aliphatic hydroxyl groups excluding tert-OH is 1. The predicted octanol–water partition coefficient (Wildman–Crippen LogP) is 0.706. The van der Waals surface area contributed by atoms with E-state index in [0.29, 0.717) is 18.7 Å². The minimum atomic E-state index is -0.644. The average Bonchev–Trinajstić information content (AvgIpc) is 2.90. The number of ether oxygens (including phenoxy) is 1. The highest BCUT2D eigenvalue weighted by Crippen LogP contribution is 2.51. The van der Waals surface area contributed by atoms with Crippen LogP contribution in [0.15, 0.2) is 12.3 Å². The zero-order chi connectivity index (χ0) is 14.1. The molecule has 0 aliphatic heterocycles. The third-order valence-electron chi connectivity index (χ3n) is 4.31. The first-order valence-corrected chi connectivity index (χ1v) is 6.51. The van der Waals surface area contributed by atoms with E-state index < -0.39 is 5.54 Å². The topological polar surface area (TPSA) is 87.2 Å². The molecule has 6 heteroatoms. The molecule has 1 aromatic heterocycles. The molecular formula is C13H21N3O3. The summed E-state index contributed by atoms with van der Waals surface area (Å²) in [5.41, 5.74) is -0.564. The van der Waals surface area contributed by atoms with Gasteiger partial charge in [-0.1, -0.05) is 13.8 Å². The van der Waals surface area contributed by atoms with Crippen molar-refractivity contribution in [1.29, 1.82) is 0 Å². The highest BCUT2D eigenvalue weighted by molar-refractivity contribution is 5.92. The van der Waals surface area contributed by atoms with Gasteiger partial charge in [0.2, 0.25) is 0 Å². The van der Waals surface area contributed by atoms with Crippen LogP contribution in [0.3, 0.4) is 0 Å². The number of carbonyl (C=O) groups is 1. The van der Waals surface area contributed by atoms with Gasteiger partial charge < -0.3 is 15.2 Å². The van der Waals surface area contributed by atoms with Crippen LogP contribution >= 0.6 is 0 Å². The molecule has 106 valence electrons. The first-order valence-electron chi connectivity index (χ1n) is 6.51. The van der Waals surface area contributed by atoms with E-state index in [9.17, 15) is 9.90 Å². The van der Waals surface area contributed by atoms with Crippen LogP contribution in [0.25, 0.3) is 0 Å². The second kappa shape index (κ2) is 4.94. The molecule has 1 aliphatic rings. The molecule has 2 unspecified atom stereocenters. The summed E-state index contributed by atoms with van der Waals surface area (Å²) in [4.78, 5) is 12.1. The SMILES string of the molecule is CCOC1CC(CO)(NC(=O)c2ccn[nH]2)C1(C)C. The lowest BCUT2D eigenvalue weighted by atomic mass is 9.54. The van der Waals surface area contributed by atoms with Gasteiger partial charge in [0, 0.05) is 24.6 Å². The molecule has 3 N–H and O–H groups in total. The molecule has 1 amide bonds. The van der Waals surface area contributed by atoms with E-state index in [1.54, 1.807) is 6.07 Å². The second-order valence-corrected chi connectivity index (χ2v) is 5.53. The fraction of sp³-hybridized carbons (Fsp3) is 0.692. The lowest BCUT2D eigenvalue weighted by Gasteiger charge is -2.60. The minimum absolute atomic E-state index is 0.0479. The first-order chi connectivity index (χ1) is 8.97. The third kappa shape index (κ3) is 2.15. The van der Waals surface area contributed by atoms with Gasteiger partial charge in [-0.25, -0.2) is 0 Å². The molecule has 1 heterocycles. The molecule has 2 rings (SSSR count). The number of aliphatic hydroxyl groups is 1. The number of aromatic amines is 1. The monoisotopic (exact) mass is 267 g/mol. The maximum atomic E-state index is 12.1. The van der Waals surface area contributed by atoms with Gasteiger partial charge >= 0.3 is 0 Å². The fourth-order valence-corrected chi connectivity index (χ4v) is 2.67. The molecular weight excluding hydrogens is 246 g/mol. The van der Waals surface area contributed by atoms with Crippen molar-refractivity contribution in [3.8, 4) is 0 Å². The van der Waals surface area contributed by atoms with Crippen LogP contribution < -0.4 is 5.32 Å². The largest absolute Gasteiger partial charge is 0.394 e. The van der Waals surface area contributed by atoms with Gasteiger partial charge in [0.1, 0.15) is 5.69 Å². The molecule has 1 saturated carbocycles. The Kier molecular flexibility index (Phi) is 3.64. The van der Waals surface area contributed by atoms with Crippen LogP contribution in [-0.2, 0) is 4.74 Å². The molecule has 1 fully saturated rings. The number of aromatic nitrogens is 2. The molecule has 19 heavy (non-hydrogen) atoms. The van der Waals surface area contributed by atoms with Crippen LogP contribution in [0, 0.1) is 5.41 Å². The number of nitrogens with one attached hydrogen (secondary N) is 2. The molecule has 0 saturated heterocycles. The van der Waals surface area contributed by atoms with Crippen molar-refractivity contribution >= 4 is 5.91 Å². The van der Waals surface area contributed by atoms with E-state index in [-0.39, 0.29) is 24.0 Å². The number of nitrogens with zero attached hydrogens (tertiary/aromatic N) is 1. The number of amides is 1. The summed E-state index contributed by atoms with van der Waals surface area (Å²) in [6, 6.07) is 1.60. The maximum absolute atomic E-state index is 12.1. The summed E-state index contributed by atoms with van der Waals surface area (Å²) in [6.07, 6.45) is 2.19.